The van der Waals surface area contributed by atoms with Crippen molar-refractivity contribution >= 4 is 47.0 Å². The number of hydrogen-bond acceptors (Lipinski definition) is 6. The summed E-state index contributed by atoms with van der Waals surface area (Å²) in [7, 11) is 0. The minimum absolute atomic E-state index is 2.77. The van der Waals surface area contributed by atoms with Gasteiger partial charge in [-0.2, -0.15) is 0 Å². The van der Waals surface area contributed by atoms with E-state index in [0.29, 0.717) is 0 Å². The monoisotopic (exact) mass is 324 g/mol. The Morgan fingerprint density at radius 1 is 0.667 bits per heavy atom. The molecule has 1 aliphatic heterocycles. The predicted molar refractivity (Wildman–Crippen MR) is 27.2 cm³/mol. The minimum atomic E-state index is -2.77. The van der Waals surface area contributed by atoms with Crippen molar-refractivity contribution in [2.24, 2.45) is 0 Å². The van der Waals surface area contributed by atoms with Crippen molar-refractivity contribution in [2.75, 3.05) is 0 Å². The number of rotatable bonds is 0. The van der Waals surface area contributed by atoms with Gasteiger partial charge in [-0.25, -0.2) is 0 Å². The van der Waals surface area contributed by atoms with Crippen LogP contribution in [0.25, 0.3) is 0 Å². The second-order valence-corrected chi connectivity index (χ2v) is 10.3. The Morgan fingerprint density at radius 3 is 1.11 bits per heavy atom. The molecule has 0 saturated carbocycles. The van der Waals surface area contributed by atoms with Gasteiger partial charge in [0.05, 0.1) is 0 Å². The normalized spacial score (nSPS) is 45.0. The van der Waals surface area contributed by atoms with Crippen LogP contribution in [-0.2, 0) is 8.15 Å². The molecule has 3 N–H and O–H groups in total. The topological polar surface area (TPSA) is 88.4 Å². The molecule has 0 unspecified atom stereocenters. The second-order valence-electron chi connectivity index (χ2n) is 0.958. The molecule has 0 bridgehead atoms. The Bertz CT molecular complexity index is 69.3. The van der Waals surface area contributed by atoms with E-state index < -0.39 is 47.0 Å². The zero-order valence-electron chi connectivity index (χ0n) is 3.91. The number of hydrogen-bond donors (Lipinski definition) is 3. The maximum absolute atomic E-state index is 8.62. The van der Waals surface area contributed by atoms with Crippen LogP contribution in [0.5, 0.6) is 0 Å². The molecule has 0 aliphatic carbocycles. The van der Waals surface area contributed by atoms with Crippen LogP contribution in [0.4, 0.5) is 0 Å². The maximum atomic E-state index is 8.62. The fourth-order valence-corrected chi connectivity index (χ4v) is 11.1. The van der Waals surface area contributed by atoms with Gasteiger partial charge in [0, 0.05) is 0 Å². The van der Waals surface area contributed by atoms with Gasteiger partial charge in [0.2, 0.25) is 0 Å². The summed E-state index contributed by atoms with van der Waals surface area (Å²) in [5.74, 6) is 0. The van der Waals surface area contributed by atoms with Gasteiger partial charge in [-0.1, -0.05) is 0 Å². The summed E-state index contributed by atoms with van der Waals surface area (Å²) in [6.45, 7) is 0. The molecule has 1 saturated heterocycles. The molecular formula is H3As3O6. The second kappa shape index (κ2) is 3.72. The average molecular weight is 324 g/mol. The molecule has 1 aliphatic rings. The third-order valence-corrected chi connectivity index (χ3v) is 11.3. The van der Waals surface area contributed by atoms with Crippen molar-refractivity contribution in [2.45, 2.75) is 0 Å². The van der Waals surface area contributed by atoms with Gasteiger partial charge < -0.3 is 0 Å². The first-order chi connectivity index (χ1) is 4.18. The molecule has 0 atom stereocenters. The fraction of sp³-hybridized carbons (Fsp3) is 0. The zero-order valence-corrected chi connectivity index (χ0v) is 9.54. The van der Waals surface area contributed by atoms with Crippen molar-refractivity contribution in [3.05, 3.63) is 0 Å². The summed E-state index contributed by atoms with van der Waals surface area (Å²) in [4.78, 5) is 0. The average Bonchev–Trinajstić information content (AvgIpc) is 1.59. The molecular weight excluding hydrogens is 321 g/mol. The van der Waals surface area contributed by atoms with Gasteiger partial charge in [-0.15, -0.1) is 0 Å². The quantitative estimate of drug-likeness (QED) is 0.411. The summed E-state index contributed by atoms with van der Waals surface area (Å²) in [6.07, 6.45) is 0. The summed E-state index contributed by atoms with van der Waals surface area (Å²) in [5, 5.41) is 0. The van der Waals surface area contributed by atoms with Crippen LogP contribution < -0.4 is 0 Å². The summed E-state index contributed by atoms with van der Waals surface area (Å²) >= 11 is -8.30. The first kappa shape index (κ1) is 8.53. The van der Waals surface area contributed by atoms with E-state index in [-0.39, 0.29) is 0 Å². The molecule has 54 valence electrons. The van der Waals surface area contributed by atoms with E-state index in [1.807, 2.05) is 0 Å². The van der Waals surface area contributed by atoms with E-state index in [9.17, 15) is 0 Å². The van der Waals surface area contributed by atoms with Crippen molar-refractivity contribution in [3.8, 4) is 0 Å². The summed E-state index contributed by atoms with van der Waals surface area (Å²) in [6, 6.07) is 0. The molecule has 9 heteroatoms. The van der Waals surface area contributed by atoms with Crippen LogP contribution in [0, 0.1) is 0 Å². The van der Waals surface area contributed by atoms with Gasteiger partial charge >= 0.3 is 67.5 Å². The Kier molecular flexibility index (Phi) is 3.53. The Morgan fingerprint density at radius 2 is 0.889 bits per heavy atom. The summed E-state index contributed by atoms with van der Waals surface area (Å²) in [5.41, 5.74) is 0. The Balaban J connectivity index is 2.34. The van der Waals surface area contributed by atoms with Gasteiger partial charge in [0.25, 0.3) is 0 Å². The molecule has 9 heavy (non-hydrogen) atoms. The Labute approximate surface area is 67.3 Å². The van der Waals surface area contributed by atoms with Gasteiger partial charge in [-0.3, -0.25) is 0 Å². The van der Waals surface area contributed by atoms with Crippen LogP contribution in [-0.4, -0.2) is 59.3 Å². The van der Waals surface area contributed by atoms with Crippen LogP contribution >= 0.6 is 0 Å². The third-order valence-electron chi connectivity index (χ3n) is 0.419. The molecule has 1 heterocycles. The fourth-order valence-electron chi connectivity index (χ4n) is 0.224. The van der Waals surface area contributed by atoms with E-state index in [1.165, 1.54) is 0 Å². The molecule has 1 fully saturated rings. The van der Waals surface area contributed by atoms with Crippen LogP contribution in [0.15, 0.2) is 0 Å². The van der Waals surface area contributed by atoms with E-state index >= 15 is 0 Å². The molecule has 0 amide bonds. The molecule has 0 spiro atoms. The van der Waals surface area contributed by atoms with E-state index in [4.69, 9.17) is 12.3 Å². The molecule has 0 aromatic heterocycles. The van der Waals surface area contributed by atoms with Crippen molar-refractivity contribution < 1.29 is 20.4 Å². The van der Waals surface area contributed by atoms with Crippen LogP contribution in [0.3, 0.4) is 0 Å². The first-order valence-corrected chi connectivity index (χ1v) is 8.81. The molecule has 0 radical (unpaired) electrons. The molecule has 6 nitrogen and oxygen atoms in total. The van der Waals surface area contributed by atoms with Gasteiger partial charge in [-0.05, 0) is 0 Å². The standard InChI is InChI=1S/As3H3O6/c4-1-7-2(5)9-3(6)8-1/h4-6H. The van der Waals surface area contributed by atoms with Gasteiger partial charge in [0.15, 0.2) is 0 Å². The van der Waals surface area contributed by atoms with Crippen LogP contribution in [0.1, 0.15) is 0 Å². The Hall–Kier alpha value is 1.44. The first-order valence-electron chi connectivity index (χ1n) is 1.70. The van der Waals surface area contributed by atoms with Crippen molar-refractivity contribution in [1.29, 1.82) is 0 Å². The van der Waals surface area contributed by atoms with E-state index in [1.54, 1.807) is 0 Å². The SMILES string of the molecule is O[As]1O[As](O)O[As](O)O1. The molecule has 1 rings (SSSR count). The van der Waals surface area contributed by atoms with E-state index in [2.05, 4.69) is 8.15 Å². The van der Waals surface area contributed by atoms with E-state index in [0.717, 1.165) is 0 Å². The third kappa shape index (κ3) is 2.89. The zero-order chi connectivity index (χ0) is 6.85. The predicted octanol–water partition coefficient (Wildman–Crippen LogP) is -3.02. The molecule has 0 aromatic rings. The van der Waals surface area contributed by atoms with Crippen LogP contribution in [0.2, 0.25) is 0 Å². The summed E-state index contributed by atoms with van der Waals surface area (Å²) < 4.78 is 39.0. The van der Waals surface area contributed by atoms with Gasteiger partial charge in [0.1, 0.15) is 0 Å². The van der Waals surface area contributed by atoms with Crippen molar-refractivity contribution in [3.63, 3.8) is 0 Å². The van der Waals surface area contributed by atoms with Crippen molar-refractivity contribution in [1.82, 2.24) is 0 Å². The molecule has 0 aromatic carbocycles.